The Labute approximate surface area is 142 Å². The average molecular weight is 346 g/mol. The van der Waals surface area contributed by atoms with E-state index in [1.807, 2.05) is 16.8 Å². The zero-order chi connectivity index (χ0) is 16.2. The van der Waals surface area contributed by atoms with Gasteiger partial charge in [0.05, 0.1) is 28.2 Å². The first kappa shape index (κ1) is 15.9. The van der Waals surface area contributed by atoms with Gasteiger partial charge in [-0.1, -0.05) is 13.8 Å². The van der Waals surface area contributed by atoms with Gasteiger partial charge < -0.3 is 5.32 Å². The summed E-state index contributed by atoms with van der Waals surface area (Å²) in [6.07, 6.45) is 2.31. The van der Waals surface area contributed by atoms with Crippen molar-refractivity contribution in [2.24, 2.45) is 0 Å². The predicted molar refractivity (Wildman–Crippen MR) is 94.1 cm³/mol. The molecule has 0 spiro atoms. The lowest BCUT2D eigenvalue weighted by molar-refractivity contribution is 0.0955. The predicted octanol–water partition coefficient (Wildman–Crippen LogP) is 3.69. The van der Waals surface area contributed by atoms with Gasteiger partial charge in [0.25, 0.3) is 5.91 Å². The Morgan fingerprint density at radius 2 is 2.26 bits per heavy atom. The number of nitrogens with one attached hydrogen (secondary N) is 2. The highest BCUT2D eigenvalue weighted by Crippen LogP contribution is 2.23. The molecule has 5 nitrogen and oxygen atoms in total. The Morgan fingerprint density at radius 1 is 1.39 bits per heavy atom. The Bertz CT molecular complexity index is 774. The lowest BCUT2D eigenvalue weighted by Crippen LogP contribution is -2.25. The van der Waals surface area contributed by atoms with Crippen LogP contribution in [0.25, 0.3) is 11.3 Å². The molecule has 7 heteroatoms. The number of carbonyl (C=O) groups excluding carboxylic acids is 1. The highest BCUT2D eigenvalue weighted by Gasteiger charge is 2.15. The van der Waals surface area contributed by atoms with Crippen LogP contribution < -0.4 is 5.32 Å². The minimum absolute atomic E-state index is 0.112. The number of aromatic nitrogens is 3. The van der Waals surface area contributed by atoms with E-state index in [2.05, 4.69) is 39.7 Å². The molecule has 0 unspecified atom stereocenters. The quantitative estimate of drug-likeness (QED) is 0.715. The number of thiophene rings is 1. The fraction of sp³-hybridized carbons (Fsp3) is 0.312. The molecule has 120 valence electrons. The zero-order valence-electron chi connectivity index (χ0n) is 13.0. The lowest BCUT2D eigenvalue weighted by Gasteiger charge is -2.04. The molecular formula is C16H18N4OS2. The third kappa shape index (κ3) is 3.68. The van der Waals surface area contributed by atoms with Gasteiger partial charge in [-0.05, 0) is 11.4 Å². The summed E-state index contributed by atoms with van der Waals surface area (Å²) in [5.41, 5.74) is 3.35. The van der Waals surface area contributed by atoms with Crippen LogP contribution in [0.3, 0.4) is 0 Å². The normalized spacial score (nSPS) is 11.1. The number of carbonyl (C=O) groups is 1. The van der Waals surface area contributed by atoms with Crippen molar-refractivity contribution in [3.63, 3.8) is 0 Å². The molecule has 0 saturated heterocycles. The highest BCUT2D eigenvalue weighted by molar-refractivity contribution is 7.09. The van der Waals surface area contributed by atoms with Crippen molar-refractivity contribution < 1.29 is 4.79 Å². The maximum atomic E-state index is 12.3. The van der Waals surface area contributed by atoms with Crippen LogP contribution in [0.1, 0.15) is 40.8 Å². The van der Waals surface area contributed by atoms with Gasteiger partial charge in [-0.15, -0.1) is 11.3 Å². The number of amides is 1. The molecule has 2 N–H and O–H groups in total. The van der Waals surface area contributed by atoms with E-state index in [-0.39, 0.29) is 5.91 Å². The first-order valence-corrected chi connectivity index (χ1v) is 9.26. The third-order valence-electron chi connectivity index (χ3n) is 3.42. The molecule has 0 saturated carbocycles. The van der Waals surface area contributed by atoms with E-state index >= 15 is 0 Å². The van der Waals surface area contributed by atoms with Crippen LogP contribution in [0.4, 0.5) is 0 Å². The Kier molecular flexibility index (Phi) is 4.88. The van der Waals surface area contributed by atoms with Crippen LogP contribution in [-0.4, -0.2) is 27.6 Å². The van der Waals surface area contributed by atoms with Gasteiger partial charge >= 0.3 is 0 Å². The molecule has 0 fully saturated rings. The molecule has 0 bridgehead atoms. The lowest BCUT2D eigenvalue weighted by atomic mass is 10.1. The maximum Gasteiger partial charge on any atom is 0.255 e. The minimum Gasteiger partial charge on any atom is -0.352 e. The van der Waals surface area contributed by atoms with E-state index in [0.717, 1.165) is 28.4 Å². The number of hydrogen-bond donors (Lipinski definition) is 2. The van der Waals surface area contributed by atoms with Gasteiger partial charge in [-0.3, -0.25) is 9.89 Å². The summed E-state index contributed by atoms with van der Waals surface area (Å²) in [6.45, 7) is 4.83. The van der Waals surface area contributed by atoms with Crippen molar-refractivity contribution >= 4 is 28.6 Å². The van der Waals surface area contributed by atoms with Crippen LogP contribution in [-0.2, 0) is 6.42 Å². The van der Waals surface area contributed by atoms with Crippen LogP contribution in [0.5, 0.6) is 0 Å². The van der Waals surface area contributed by atoms with E-state index in [9.17, 15) is 4.79 Å². The molecule has 23 heavy (non-hydrogen) atoms. The summed E-state index contributed by atoms with van der Waals surface area (Å²) in [5.74, 6) is 0.335. The summed E-state index contributed by atoms with van der Waals surface area (Å²) < 4.78 is 0. The maximum absolute atomic E-state index is 12.3. The van der Waals surface area contributed by atoms with Crippen LogP contribution in [0.15, 0.2) is 28.4 Å². The Morgan fingerprint density at radius 3 is 2.96 bits per heavy atom. The second-order valence-electron chi connectivity index (χ2n) is 5.51. The topological polar surface area (TPSA) is 70.7 Å². The number of H-pyrrole nitrogens is 1. The SMILES string of the molecule is CC(C)c1nc(CCNC(=O)c2cn[nH]c2-c2ccsc2)cs1. The van der Waals surface area contributed by atoms with E-state index < -0.39 is 0 Å². The summed E-state index contributed by atoms with van der Waals surface area (Å²) >= 11 is 3.27. The van der Waals surface area contributed by atoms with E-state index in [4.69, 9.17) is 0 Å². The zero-order valence-corrected chi connectivity index (χ0v) is 14.6. The van der Waals surface area contributed by atoms with Crippen molar-refractivity contribution in [2.75, 3.05) is 6.54 Å². The number of thiazole rings is 1. The number of rotatable bonds is 6. The highest BCUT2D eigenvalue weighted by atomic mass is 32.1. The smallest absolute Gasteiger partial charge is 0.255 e. The summed E-state index contributed by atoms with van der Waals surface area (Å²) in [5, 5.41) is 17.0. The van der Waals surface area contributed by atoms with Crippen molar-refractivity contribution in [1.29, 1.82) is 0 Å². The molecule has 3 heterocycles. The molecule has 0 atom stereocenters. The molecule has 0 aliphatic rings. The number of hydrogen-bond acceptors (Lipinski definition) is 5. The first-order chi connectivity index (χ1) is 11.1. The molecule has 0 aromatic carbocycles. The summed E-state index contributed by atoms with van der Waals surface area (Å²) in [4.78, 5) is 16.9. The van der Waals surface area contributed by atoms with Gasteiger partial charge in [-0.2, -0.15) is 16.4 Å². The molecule has 0 aliphatic carbocycles. The van der Waals surface area contributed by atoms with Gasteiger partial charge in [0.15, 0.2) is 0 Å². The largest absolute Gasteiger partial charge is 0.352 e. The average Bonchev–Trinajstić information content (AvgIpc) is 3.27. The second-order valence-corrected chi connectivity index (χ2v) is 7.18. The molecular weight excluding hydrogens is 328 g/mol. The first-order valence-electron chi connectivity index (χ1n) is 7.43. The van der Waals surface area contributed by atoms with Gasteiger partial charge in [0.1, 0.15) is 0 Å². The monoisotopic (exact) mass is 346 g/mol. The Balaban J connectivity index is 1.59. The molecule has 0 aliphatic heterocycles. The Hall–Kier alpha value is -1.99. The van der Waals surface area contributed by atoms with E-state index in [1.54, 1.807) is 28.9 Å². The number of aromatic amines is 1. The van der Waals surface area contributed by atoms with Gasteiger partial charge in [0.2, 0.25) is 0 Å². The fourth-order valence-corrected chi connectivity index (χ4v) is 3.70. The van der Waals surface area contributed by atoms with Gasteiger partial charge in [-0.25, -0.2) is 4.98 Å². The van der Waals surface area contributed by atoms with Crippen LogP contribution in [0.2, 0.25) is 0 Å². The van der Waals surface area contributed by atoms with Crippen molar-refractivity contribution in [3.8, 4) is 11.3 Å². The van der Waals surface area contributed by atoms with Crippen LogP contribution >= 0.6 is 22.7 Å². The minimum atomic E-state index is -0.112. The van der Waals surface area contributed by atoms with Crippen molar-refractivity contribution in [3.05, 3.63) is 44.7 Å². The van der Waals surface area contributed by atoms with E-state index in [1.165, 1.54) is 0 Å². The van der Waals surface area contributed by atoms with Crippen molar-refractivity contribution in [1.82, 2.24) is 20.5 Å². The van der Waals surface area contributed by atoms with Crippen molar-refractivity contribution in [2.45, 2.75) is 26.2 Å². The van der Waals surface area contributed by atoms with Crippen LogP contribution in [0, 0.1) is 0 Å². The van der Waals surface area contributed by atoms with E-state index in [0.29, 0.717) is 18.0 Å². The molecule has 1 amide bonds. The fourth-order valence-electron chi connectivity index (χ4n) is 2.19. The summed E-state index contributed by atoms with van der Waals surface area (Å²) in [6, 6.07) is 1.97. The molecule has 3 aromatic heterocycles. The van der Waals surface area contributed by atoms with Gasteiger partial charge in [0, 0.05) is 35.2 Å². The molecule has 3 aromatic rings. The second kappa shape index (κ2) is 7.06. The number of nitrogens with zero attached hydrogens (tertiary/aromatic N) is 2. The third-order valence-corrected chi connectivity index (χ3v) is 5.30. The molecule has 3 rings (SSSR count). The standard InChI is InChI=1S/C16H18N4OS2/c1-10(2)16-19-12(9-23-16)3-5-17-15(21)13-7-18-20-14(13)11-4-6-22-8-11/h4,6-10H,3,5H2,1-2H3,(H,17,21)(H,18,20). The summed E-state index contributed by atoms with van der Waals surface area (Å²) in [7, 11) is 0. The molecule has 0 radical (unpaired) electrons.